The molecule has 10 nitrogen and oxygen atoms in total. The summed E-state index contributed by atoms with van der Waals surface area (Å²) in [7, 11) is -1.93. The first kappa shape index (κ1) is 34.4. The lowest BCUT2D eigenvalue weighted by Crippen LogP contribution is -2.66. The van der Waals surface area contributed by atoms with Crippen LogP contribution >= 0.6 is 0 Å². The minimum absolute atomic E-state index is 0.137. The number of likely N-dealkylation sites (tertiary alicyclic amines) is 1. The van der Waals surface area contributed by atoms with Crippen LogP contribution in [0.25, 0.3) is 6.08 Å². The molecule has 4 aliphatic heterocycles. The van der Waals surface area contributed by atoms with Crippen molar-refractivity contribution in [2.24, 2.45) is 10.4 Å². The summed E-state index contributed by atoms with van der Waals surface area (Å²) in [5, 5.41) is 3.31. The van der Waals surface area contributed by atoms with Crippen LogP contribution in [0.4, 0.5) is 33.7 Å². The number of anilines is 2. The second-order valence-corrected chi connectivity index (χ2v) is 15.7. The summed E-state index contributed by atoms with van der Waals surface area (Å²) < 4.78 is 96.5. The zero-order valence-electron chi connectivity index (χ0n) is 27.1. The van der Waals surface area contributed by atoms with E-state index in [0.717, 1.165) is 11.8 Å². The van der Waals surface area contributed by atoms with Gasteiger partial charge in [-0.2, -0.15) is 4.31 Å². The van der Waals surface area contributed by atoms with Gasteiger partial charge in [-0.3, -0.25) is 4.99 Å². The van der Waals surface area contributed by atoms with Gasteiger partial charge in [0.1, 0.15) is 11.4 Å². The lowest BCUT2D eigenvalue weighted by molar-refractivity contribution is -0.151. The van der Waals surface area contributed by atoms with Crippen molar-refractivity contribution in [3.8, 4) is 0 Å². The van der Waals surface area contributed by atoms with Crippen LogP contribution in [-0.4, -0.2) is 106 Å². The Hall–Kier alpha value is -2.91. The second-order valence-electron chi connectivity index (χ2n) is 13.8. The normalized spacial score (nSPS) is 25.6. The summed E-state index contributed by atoms with van der Waals surface area (Å²) in [5.41, 5.74) is -0.673. The number of carbonyl (C=O) groups is 1. The topological polar surface area (TPSA) is 104 Å². The number of aliphatic imine (C=N–C) groups is 1. The monoisotopic (exact) mass is 673 g/mol. The highest BCUT2D eigenvalue weighted by molar-refractivity contribution is 7.88. The van der Waals surface area contributed by atoms with Gasteiger partial charge in [0, 0.05) is 57.4 Å². The molecule has 2 atom stereocenters. The van der Waals surface area contributed by atoms with Gasteiger partial charge in [0.15, 0.2) is 0 Å². The highest BCUT2D eigenvalue weighted by Gasteiger charge is 2.67. The average molecular weight is 674 g/mol. The molecule has 1 amide bonds. The van der Waals surface area contributed by atoms with E-state index in [2.05, 4.69) is 5.32 Å². The molecule has 4 heterocycles. The van der Waals surface area contributed by atoms with E-state index in [-0.39, 0.29) is 50.0 Å². The van der Waals surface area contributed by atoms with Crippen LogP contribution < -0.4 is 10.2 Å². The number of amides is 1. The molecule has 0 saturated carbocycles. The molecule has 3 saturated heterocycles. The number of amidine groups is 1. The SMILES string of the molecule is CCC1=Cc2cc(C(F)F)cc(N3CC(F)(F)C4(CN(C(=O)OC(C)(C)C)C4)C3)c2NC(=N[C@@H]2CCN(S(C)(=O)=O)C[C@H]2OC)C1. The Balaban J connectivity index is 1.48. The van der Waals surface area contributed by atoms with Gasteiger partial charge in [-0.25, -0.2) is 30.8 Å². The van der Waals surface area contributed by atoms with E-state index < -0.39 is 52.1 Å². The van der Waals surface area contributed by atoms with E-state index in [1.54, 1.807) is 26.8 Å². The molecule has 5 rings (SSSR count). The molecule has 0 aromatic heterocycles. The molecular weight excluding hydrogens is 630 g/mol. The maximum absolute atomic E-state index is 15.7. The van der Waals surface area contributed by atoms with E-state index in [9.17, 15) is 22.0 Å². The maximum atomic E-state index is 15.7. The lowest BCUT2D eigenvalue weighted by atomic mass is 9.76. The minimum atomic E-state index is -3.42. The van der Waals surface area contributed by atoms with Crippen LogP contribution in [0.3, 0.4) is 0 Å². The van der Waals surface area contributed by atoms with Gasteiger partial charge < -0.3 is 24.6 Å². The first-order chi connectivity index (χ1) is 21.3. The fraction of sp³-hybridized carbons (Fsp3) is 0.677. The van der Waals surface area contributed by atoms with Gasteiger partial charge in [-0.15, -0.1) is 0 Å². The third-order valence-corrected chi connectivity index (χ3v) is 10.4. The smallest absolute Gasteiger partial charge is 0.410 e. The molecule has 4 aliphatic rings. The number of fused-ring (bicyclic) bond motifs is 1. The number of hydrogen-bond acceptors (Lipinski definition) is 7. The van der Waals surface area contributed by atoms with E-state index in [0.29, 0.717) is 36.3 Å². The number of halogens is 4. The molecule has 15 heteroatoms. The molecule has 0 bridgehead atoms. The van der Waals surface area contributed by atoms with E-state index in [4.69, 9.17) is 14.5 Å². The van der Waals surface area contributed by atoms with Crippen molar-refractivity contribution in [2.45, 2.75) is 77.1 Å². The van der Waals surface area contributed by atoms with Gasteiger partial charge in [0.05, 0.1) is 41.7 Å². The number of piperidine rings is 1. The molecule has 256 valence electrons. The molecule has 1 aromatic carbocycles. The van der Waals surface area contributed by atoms with Gasteiger partial charge in [0.2, 0.25) is 10.0 Å². The van der Waals surface area contributed by atoms with Crippen molar-refractivity contribution in [3.63, 3.8) is 0 Å². The van der Waals surface area contributed by atoms with Crippen LogP contribution in [0.5, 0.6) is 0 Å². The van der Waals surface area contributed by atoms with Gasteiger partial charge in [0.25, 0.3) is 12.3 Å². The molecule has 3 fully saturated rings. The summed E-state index contributed by atoms with van der Waals surface area (Å²) in [6, 6.07) is 2.23. The van der Waals surface area contributed by atoms with Crippen LogP contribution in [0.15, 0.2) is 22.7 Å². The van der Waals surface area contributed by atoms with Crippen molar-refractivity contribution >= 4 is 39.4 Å². The highest BCUT2D eigenvalue weighted by atomic mass is 32.2. The Bertz CT molecular complexity index is 1520. The fourth-order valence-corrected chi connectivity index (χ4v) is 7.47. The maximum Gasteiger partial charge on any atom is 0.410 e. The van der Waals surface area contributed by atoms with Crippen molar-refractivity contribution in [1.82, 2.24) is 9.21 Å². The summed E-state index contributed by atoms with van der Waals surface area (Å²) >= 11 is 0. The Morgan fingerprint density at radius 3 is 2.46 bits per heavy atom. The molecule has 1 spiro atoms. The number of ether oxygens (including phenoxy) is 2. The van der Waals surface area contributed by atoms with Gasteiger partial charge in [-0.1, -0.05) is 18.6 Å². The van der Waals surface area contributed by atoms with Crippen molar-refractivity contribution in [1.29, 1.82) is 0 Å². The minimum Gasteiger partial charge on any atom is -0.444 e. The molecule has 0 unspecified atom stereocenters. The summed E-state index contributed by atoms with van der Waals surface area (Å²) in [4.78, 5) is 20.2. The zero-order valence-corrected chi connectivity index (χ0v) is 27.9. The quantitative estimate of drug-likeness (QED) is 0.405. The Labute approximate surface area is 267 Å². The number of alkyl halides is 4. The van der Waals surface area contributed by atoms with Crippen LogP contribution in [-0.2, 0) is 19.5 Å². The molecular formula is C31H43F4N5O5S. The number of rotatable bonds is 6. The van der Waals surface area contributed by atoms with Gasteiger partial charge >= 0.3 is 6.09 Å². The van der Waals surface area contributed by atoms with Crippen LogP contribution in [0, 0.1) is 5.41 Å². The number of methoxy groups -OCH3 is 1. The lowest BCUT2D eigenvalue weighted by Gasteiger charge is -2.49. The standard InChI is InChI=1S/C31H43F4N5O5S/c1-7-19-10-20-12-21(27(32)33)13-23(38-15-30(31(34,35)18-38)16-39(17-30)28(41)45-29(2,3)4)26(20)37-25(11-19)36-22-8-9-40(46(6,42)43)14-24(22)44-5/h10,12-13,22,24,27H,7-9,11,14-18H2,1-6H3,(H,36,37)/t22-,24-/m1/s1. The van der Waals surface area contributed by atoms with Gasteiger partial charge in [-0.05, 0) is 45.7 Å². The summed E-state index contributed by atoms with van der Waals surface area (Å²) in [5.74, 6) is -2.69. The largest absolute Gasteiger partial charge is 0.444 e. The first-order valence-electron chi connectivity index (χ1n) is 15.4. The Morgan fingerprint density at radius 1 is 1.17 bits per heavy atom. The number of hydrogen-bond donors (Lipinski definition) is 1. The predicted molar refractivity (Wildman–Crippen MR) is 168 cm³/mol. The molecule has 0 radical (unpaired) electrons. The van der Waals surface area contributed by atoms with Crippen LogP contribution in [0.1, 0.15) is 64.5 Å². The van der Waals surface area contributed by atoms with E-state index in [1.165, 1.54) is 33.3 Å². The van der Waals surface area contributed by atoms with Crippen LogP contribution in [0.2, 0.25) is 0 Å². The third kappa shape index (κ3) is 6.86. The highest BCUT2D eigenvalue weighted by Crippen LogP contribution is 2.53. The van der Waals surface area contributed by atoms with Crippen molar-refractivity contribution < 1.29 is 40.2 Å². The molecule has 0 aliphatic carbocycles. The Kier molecular flexibility index (Phi) is 9.19. The number of nitrogens with one attached hydrogen (secondary N) is 1. The van der Waals surface area contributed by atoms with Crippen molar-refractivity contribution in [2.75, 3.05) is 62.9 Å². The average Bonchev–Trinajstić information content (AvgIpc) is 3.08. The number of carbonyl (C=O) groups excluding carboxylic acids is 1. The molecule has 46 heavy (non-hydrogen) atoms. The summed E-state index contributed by atoms with van der Waals surface area (Å²) in [6.07, 6.45) is 0.302. The number of nitrogens with zero attached hydrogens (tertiary/aromatic N) is 4. The van der Waals surface area contributed by atoms with Crippen molar-refractivity contribution in [3.05, 3.63) is 28.8 Å². The second kappa shape index (κ2) is 12.3. The Morgan fingerprint density at radius 2 is 1.87 bits per heavy atom. The van der Waals surface area contributed by atoms with E-state index in [1.807, 2.05) is 6.92 Å². The third-order valence-electron chi connectivity index (χ3n) is 9.12. The fourth-order valence-electron chi connectivity index (χ4n) is 6.62. The predicted octanol–water partition coefficient (Wildman–Crippen LogP) is 5.37. The molecule has 1 aromatic rings. The zero-order chi connectivity index (χ0) is 33.8. The number of sulfonamides is 1. The summed E-state index contributed by atoms with van der Waals surface area (Å²) in [6.45, 7) is 6.15. The first-order valence-corrected chi connectivity index (χ1v) is 17.3. The number of benzene rings is 1. The molecule has 1 N–H and O–H groups in total. The van der Waals surface area contributed by atoms with E-state index >= 15 is 8.78 Å².